The second-order valence-corrected chi connectivity index (χ2v) is 5.89. The molecule has 2 aromatic heterocycles. The van der Waals surface area contributed by atoms with Crippen molar-refractivity contribution < 1.29 is 19.4 Å². The quantitative estimate of drug-likeness (QED) is 0.716. The Balaban J connectivity index is 2.35. The SMILES string of the molecule is CC(=O)NCCOc1nc2sc(C(=O)O)c(N)c2c(C)c1Cl. The van der Waals surface area contributed by atoms with E-state index < -0.39 is 5.97 Å². The summed E-state index contributed by atoms with van der Waals surface area (Å²) in [6.07, 6.45) is 0. The Bertz CT molecular complexity index is 760. The Kier molecular flexibility index (Phi) is 4.72. The lowest BCUT2D eigenvalue weighted by Gasteiger charge is -2.10. The van der Waals surface area contributed by atoms with Crippen LogP contribution in [0.5, 0.6) is 5.88 Å². The predicted molar refractivity (Wildman–Crippen MR) is 84.9 cm³/mol. The average molecular weight is 344 g/mol. The van der Waals surface area contributed by atoms with Crippen LogP contribution in [0.15, 0.2) is 0 Å². The van der Waals surface area contributed by atoms with Crippen molar-refractivity contribution in [1.29, 1.82) is 0 Å². The highest BCUT2D eigenvalue weighted by molar-refractivity contribution is 7.21. The number of carboxylic acids is 1. The van der Waals surface area contributed by atoms with Gasteiger partial charge in [-0.25, -0.2) is 9.78 Å². The van der Waals surface area contributed by atoms with Crippen LogP contribution in [0.3, 0.4) is 0 Å². The third-order valence-electron chi connectivity index (χ3n) is 2.93. The summed E-state index contributed by atoms with van der Waals surface area (Å²) in [6, 6.07) is 0. The fourth-order valence-corrected chi connectivity index (χ4v) is 3.09. The zero-order valence-electron chi connectivity index (χ0n) is 11.9. The number of carbonyl (C=O) groups is 2. The summed E-state index contributed by atoms with van der Waals surface area (Å²) in [5.74, 6) is -1.08. The maximum absolute atomic E-state index is 11.1. The number of aryl methyl sites for hydroxylation is 1. The summed E-state index contributed by atoms with van der Waals surface area (Å²) < 4.78 is 5.45. The Hall–Kier alpha value is -2.06. The van der Waals surface area contributed by atoms with E-state index in [1.165, 1.54) is 6.92 Å². The molecule has 7 nitrogen and oxygen atoms in total. The highest BCUT2D eigenvalue weighted by Gasteiger charge is 2.21. The van der Waals surface area contributed by atoms with Crippen molar-refractivity contribution in [1.82, 2.24) is 10.3 Å². The second kappa shape index (κ2) is 6.37. The van der Waals surface area contributed by atoms with Crippen molar-refractivity contribution in [3.05, 3.63) is 15.5 Å². The van der Waals surface area contributed by atoms with Gasteiger partial charge in [0.2, 0.25) is 11.8 Å². The van der Waals surface area contributed by atoms with Gasteiger partial charge in [-0.1, -0.05) is 11.6 Å². The molecule has 0 saturated carbocycles. The Labute approximate surface area is 135 Å². The van der Waals surface area contributed by atoms with Gasteiger partial charge in [-0.2, -0.15) is 0 Å². The number of carbonyl (C=O) groups excluding carboxylic acids is 1. The number of hydrogen-bond donors (Lipinski definition) is 3. The van der Waals surface area contributed by atoms with E-state index >= 15 is 0 Å². The van der Waals surface area contributed by atoms with Crippen LogP contribution in [0.2, 0.25) is 5.02 Å². The van der Waals surface area contributed by atoms with Gasteiger partial charge in [0.25, 0.3) is 0 Å². The maximum Gasteiger partial charge on any atom is 0.348 e. The molecule has 0 saturated heterocycles. The number of nitrogens with two attached hydrogens (primary N) is 1. The molecule has 1 amide bonds. The lowest BCUT2D eigenvalue weighted by molar-refractivity contribution is -0.119. The van der Waals surface area contributed by atoms with E-state index in [0.29, 0.717) is 22.3 Å². The molecule has 0 aliphatic heterocycles. The van der Waals surface area contributed by atoms with E-state index in [9.17, 15) is 9.59 Å². The monoisotopic (exact) mass is 343 g/mol. The molecule has 0 fully saturated rings. The van der Waals surface area contributed by atoms with Crippen molar-refractivity contribution in [3.8, 4) is 5.88 Å². The molecule has 9 heteroatoms. The number of nitrogens with zero attached hydrogens (tertiary/aromatic N) is 1. The van der Waals surface area contributed by atoms with Gasteiger partial charge in [0.05, 0.1) is 12.2 Å². The maximum atomic E-state index is 11.1. The van der Waals surface area contributed by atoms with Crippen LogP contribution in [0.1, 0.15) is 22.2 Å². The van der Waals surface area contributed by atoms with Crippen LogP contribution in [-0.2, 0) is 4.79 Å². The van der Waals surface area contributed by atoms with Crippen LogP contribution < -0.4 is 15.8 Å². The highest BCUT2D eigenvalue weighted by atomic mass is 35.5. The van der Waals surface area contributed by atoms with E-state index in [0.717, 1.165) is 11.3 Å². The first-order valence-electron chi connectivity index (χ1n) is 6.31. The molecule has 2 aromatic rings. The number of fused-ring (bicyclic) bond motifs is 1. The van der Waals surface area contributed by atoms with Crippen LogP contribution in [0.25, 0.3) is 10.2 Å². The summed E-state index contributed by atoms with van der Waals surface area (Å²) >= 11 is 7.17. The van der Waals surface area contributed by atoms with Gasteiger partial charge in [0.15, 0.2) is 0 Å². The van der Waals surface area contributed by atoms with Crippen molar-refractivity contribution in [2.45, 2.75) is 13.8 Å². The number of amides is 1. The van der Waals surface area contributed by atoms with E-state index in [2.05, 4.69) is 10.3 Å². The van der Waals surface area contributed by atoms with E-state index in [1.54, 1.807) is 6.92 Å². The van der Waals surface area contributed by atoms with Gasteiger partial charge in [-0.05, 0) is 12.5 Å². The van der Waals surface area contributed by atoms with Gasteiger partial charge < -0.3 is 20.9 Å². The number of nitrogen functional groups attached to an aromatic ring is 1. The van der Waals surface area contributed by atoms with Crippen molar-refractivity contribution in [2.75, 3.05) is 18.9 Å². The number of pyridine rings is 1. The Morgan fingerprint density at radius 3 is 2.77 bits per heavy atom. The molecule has 0 aliphatic rings. The summed E-state index contributed by atoms with van der Waals surface area (Å²) in [7, 11) is 0. The number of anilines is 1. The molecule has 0 radical (unpaired) electrons. The number of aromatic nitrogens is 1. The first-order valence-corrected chi connectivity index (χ1v) is 7.51. The highest BCUT2D eigenvalue weighted by Crippen LogP contribution is 2.40. The number of carboxylic acid groups (broad SMARTS) is 1. The minimum Gasteiger partial charge on any atom is -0.477 e. The normalized spacial score (nSPS) is 10.7. The minimum absolute atomic E-state index is 0.0251. The first-order chi connectivity index (χ1) is 10.3. The molecule has 0 spiro atoms. The minimum atomic E-state index is -1.11. The van der Waals surface area contributed by atoms with Gasteiger partial charge in [0, 0.05) is 12.3 Å². The molecule has 0 unspecified atom stereocenters. The van der Waals surface area contributed by atoms with E-state index in [4.69, 9.17) is 27.2 Å². The molecule has 118 valence electrons. The standard InChI is InChI=1S/C13H14ClN3O4S/c1-5-7-9(15)10(13(19)20)22-12(7)17-11(8(5)14)21-4-3-16-6(2)18/h3-4,15H2,1-2H3,(H,16,18)(H,19,20). The first kappa shape index (κ1) is 16.3. The molecule has 4 N–H and O–H groups in total. The molecule has 0 bridgehead atoms. The number of thiophene rings is 1. The molecule has 0 aromatic carbocycles. The largest absolute Gasteiger partial charge is 0.477 e. The fraction of sp³-hybridized carbons (Fsp3) is 0.308. The lowest BCUT2D eigenvalue weighted by Crippen LogP contribution is -2.25. The van der Waals surface area contributed by atoms with E-state index in [-0.39, 0.29) is 34.0 Å². The Morgan fingerprint density at radius 1 is 1.50 bits per heavy atom. The van der Waals surface area contributed by atoms with Crippen LogP contribution in [0, 0.1) is 6.92 Å². The topological polar surface area (TPSA) is 115 Å². The zero-order chi connectivity index (χ0) is 16.4. The van der Waals surface area contributed by atoms with E-state index in [1.807, 2.05) is 0 Å². The molecular weight excluding hydrogens is 330 g/mol. The van der Waals surface area contributed by atoms with Crippen LogP contribution in [0.4, 0.5) is 5.69 Å². The summed E-state index contributed by atoms with van der Waals surface area (Å²) in [4.78, 5) is 26.6. The summed E-state index contributed by atoms with van der Waals surface area (Å²) in [5.41, 5.74) is 6.63. The number of rotatable bonds is 5. The van der Waals surface area contributed by atoms with Gasteiger partial charge in [0.1, 0.15) is 21.3 Å². The Morgan fingerprint density at radius 2 is 2.18 bits per heavy atom. The number of nitrogens with one attached hydrogen (secondary N) is 1. The predicted octanol–water partition coefficient (Wildman–Crippen LogP) is 2.05. The average Bonchev–Trinajstić information content (AvgIpc) is 2.77. The fourth-order valence-electron chi connectivity index (χ4n) is 1.91. The number of hydrogen-bond acceptors (Lipinski definition) is 6. The molecule has 2 rings (SSSR count). The van der Waals surface area contributed by atoms with Gasteiger partial charge in [-0.3, -0.25) is 4.79 Å². The third kappa shape index (κ3) is 3.07. The number of ether oxygens (including phenoxy) is 1. The van der Waals surface area contributed by atoms with Crippen molar-refractivity contribution in [2.24, 2.45) is 0 Å². The molecule has 2 heterocycles. The lowest BCUT2D eigenvalue weighted by atomic mass is 10.1. The smallest absolute Gasteiger partial charge is 0.348 e. The van der Waals surface area contributed by atoms with Crippen LogP contribution in [-0.4, -0.2) is 35.1 Å². The van der Waals surface area contributed by atoms with Gasteiger partial charge >= 0.3 is 5.97 Å². The molecule has 0 aliphatic carbocycles. The second-order valence-electron chi connectivity index (χ2n) is 4.52. The molecule has 22 heavy (non-hydrogen) atoms. The van der Waals surface area contributed by atoms with Crippen molar-refractivity contribution >= 4 is 50.7 Å². The third-order valence-corrected chi connectivity index (χ3v) is 4.46. The zero-order valence-corrected chi connectivity index (χ0v) is 13.5. The van der Waals surface area contributed by atoms with Crippen LogP contribution >= 0.6 is 22.9 Å². The number of aromatic carboxylic acids is 1. The number of halogens is 1. The van der Waals surface area contributed by atoms with Gasteiger partial charge in [-0.15, -0.1) is 11.3 Å². The summed E-state index contributed by atoms with van der Waals surface area (Å²) in [6.45, 7) is 3.65. The molecule has 0 atom stereocenters. The molecular formula is C13H14ClN3O4S. The van der Waals surface area contributed by atoms with Crippen molar-refractivity contribution in [3.63, 3.8) is 0 Å². The summed E-state index contributed by atoms with van der Waals surface area (Å²) in [5, 5.41) is 12.5.